The number of ether oxygens (including phenoxy) is 3. The molecule has 0 bridgehead atoms. The predicted molar refractivity (Wildman–Crippen MR) is 130 cm³/mol. The molecule has 1 saturated heterocycles. The highest BCUT2D eigenvalue weighted by molar-refractivity contribution is 5.78. The molecule has 2 aliphatic rings. The molecular weight excluding hydrogens is 485 g/mol. The average Bonchev–Trinajstić information content (AvgIpc) is 3.37. The Bertz CT molecular complexity index is 1270. The molecule has 2 atom stereocenters. The van der Waals surface area contributed by atoms with Crippen LogP contribution in [-0.2, 0) is 17.8 Å². The molecule has 0 aromatic heterocycles. The third kappa shape index (κ3) is 5.83. The van der Waals surface area contributed by atoms with Gasteiger partial charge in [0, 0.05) is 30.6 Å². The van der Waals surface area contributed by atoms with E-state index in [-0.39, 0.29) is 42.7 Å². The third-order valence-electron chi connectivity index (χ3n) is 6.79. The van der Waals surface area contributed by atoms with E-state index in [1.165, 1.54) is 12.1 Å². The number of carbonyl (C=O) groups is 1. The van der Waals surface area contributed by atoms with Gasteiger partial charge >= 0.3 is 0 Å². The van der Waals surface area contributed by atoms with Gasteiger partial charge in [-0.3, -0.25) is 4.79 Å². The van der Waals surface area contributed by atoms with Gasteiger partial charge in [-0.1, -0.05) is 18.2 Å². The number of carbonyl (C=O) groups excluding carboxylic acids is 1. The molecule has 1 fully saturated rings. The van der Waals surface area contributed by atoms with Crippen molar-refractivity contribution in [1.29, 1.82) is 0 Å². The van der Waals surface area contributed by atoms with Crippen LogP contribution in [0.2, 0.25) is 0 Å². The van der Waals surface area contributed by atoms with E-state index in [1.807, 2.05) is 12.1 Å². The van der Waals surface area contributed by atoms with Crippen LogP contribution in [0.4, 0.5) is 13.2 Å². The van der Waals surface area contributed by atoms with Crippen LogP contribution in [0.15, 0.2) is 54.6 Å². The van der Waals surface area contributed by atoms with Crippen molar-refractivity contribution in [2.45, 2.75) is 25.3 Å². The fourth-order valence-electron chi connectivity index (χ4n) is 4.79. The van der Waals surface area contributed by atoms with Crippen molar-refractivity contribution < 1.29 is 32.2 Å². The first-order valence-corrected chi connectivity index (χ1v) is 12.2. The van der Waals surface area contributed by atoms with Crippen molar-refractivity contribution >= 4 is 5.91 Å². The predicted octanol–water partition coefficient (Wildman–Crippen LogP) is 4.46. The standard InChI is InChI=1S/C28H27F3N2O4/c29-23-6-4-17(10-18(23)11-28(34)33-14-22-24(30)2-1-3-25(22)31)21-8-9-32-13-19(21)15-35-20-5-7-26-27(12-20)37-16-36-26/h1-7,10,12,19,21,32H,8-9,11,13-16H2,(H,33,34)/t19-,21-/m0/s1. The molecule has 0 spiro atoms. The first-order valence-electron chi connectivity index (χ1n) is 12.2. The fourth-order valence-corrected chi connectivity index (χ4v) is 4.79. The lowest BCUT2D eigenvalue weighted by atomic mass is 9.81. The van der Waals surface area contributed by atoms with Gasteiger partial charge in [-0.2, -0.15) is 0 Å². The van der Waals surface area contributed by atoms with Gasteiger partial charge in [0.15, 0.2) is 11.5 Å². The van der Waals surface area contributed by atoms with Crippen LogP contribution in [0.25, 0.3) is 0 Å². The first kappa shape index (κ1) is 25.0. The Morgan fingerprint density at radius 2 is 1.81 bits per heavy atom. The highest BCUT2D eigenvalue weighted by Crippen LogP contribution is 2.36. The quantitative estimate of drug-likeness (QED) is 0.467. The van der Waals surface area contributed by atoms with Gasteiger partial charge in [0.2, 0.25) is 12.7 Å². The van der Waals surface area contributed by atoms with Gasteiger partial charge in [-0.15, -0.1) is 0 Å². The van der Waals surface area contributed by atoms with Crippen LogP contribution in [0, 0.1) is 23.4 Å². The van der Waals surface area contributed by atoms with Crippen molar-refractivity contribution in [3.05, 3.63) is 88.7 Å². The fraction of sp³-hybridized carbons (Fsp3) is 0.321. The van der Waals surface area contributed by atoms with Gasteiger partial charge in [0.05, 0.1) is 13.0 Å². The Morgan fingerprint density at radius 3 is 2.65 bits per heavy atom. The lowest BCUT2D eigenvalue weighted by Crippen LogP contribution is -2.38. The zero-order chi connectivity index (χ0) is 25.8. The van der Waals surface area contributed by atoms with Crippen LogP contribution in [0.3, 0.4) is 0 Å². The largest absolute Gasteiger partial charge is 0.493 e. The van der Waals surface area contributed by atoms with E-state index < -0.39 is 23.4 Å². The summed E-state index contributed by atoms with van der Waals surface area (Å²) in [5.41, 5.74) is 0.924. The van der Waals surface area contributed by atoms with Gasteiger partial charge in [-0.05, 0) is 60.3 Å². The summed E-state index contributed by atoms with van der Waals surface area (Å²) in [5, 5.41) is 5.87. The molecule has 3 aromatic rings. The van der Waals surface area contributed by atoms with Gasteiger partial charge in [0.25, 0.3) is 0 Å². The second-order valence-corrected chi connectivity index (χ2v) is 9.19. The number of rotatable bonds is 8. The van der Waals surface area contributed by atoms with Crippen LogP contribution in [-0.4, -0.2) is 32.4 Å². The minimum Gasteiger partial charge on any atom is -0.493 e. The summed E-state index contributed by atoms with van der Waals surface area (Å²) in [4.78, 5) is 12.5. The van der Waals surface area contributed by atoms with Gasteiger partial charge in [0.1, 0.15) is 23.2 Å². The first-order chi connectivity index (χ1) is 18.0. The number of benzene rings is 3. The van der Waals surface area contributed by atoms with Crippen molar-refractivity contribution in [2.24, 2.45) is 5.92 Å². The van der Waals surface area contributed by atoms with Gasteiger partial charge in [-0.25, -0.2) is 13.2 Å². The summed E-state index contributed by atoms with van der Waals surface area (Å²) in [7, 11) is 0. The second-order valence-electron chi connectivity index (χ2n) is 9.19. The normalized spacial score (nSPS) is 18.5. The molecule has 3 aromatic carbocycles. The zero-order valence-corrected chi connectivity index (χ0v) is 20.1. The molecule has 6 nitrogen and oxygen atoms in total. The lowest BCUT2D eigenvalue weighted by Gasteiger charge is -2.32. The van der Waals surface area contributed by atoms with E-state index in [1.54, 1.807) is 18.2 Å². The molecule has 5 rings (SSSR count). The molecule has 0 aliphatic carbocycles. The molecule has 9 heteroatoms. The van der Waals surface area contributed by atoms with Gasteiger partial charge < -0.3 is 24.8 Å². The molecule has 2 aliphatic heterocycles. The van der Waals surface area contributed by atoms with E-state index >= 15 is 0 Å². The van der Waals surface area contributed by atoms with E-state index in [9.17, 15) is 18.0 Å². The summed E-state index contributed by atoms with van der Waals surface area (Å²) >= 11 is 0. The number of nitrogens with one attached hydrogen (secondary N) is 2. The third-order valence-corrected chi connectivity index (χ3v) is 6.79. The summed E-state index contributed by atoms with van der Waals surface area (Å²) in [6, 6.07) is 13.8. The number of hydrogen-bond donors (Lipinski definition) is 2. The Kier molecular flexibility index (Phi) is 7.50. The lowest BCUT2D eigenvalue weighted by molar-refractivity contribution is -0.120. The summed E-state index contributed by atoms with van der Waals surface area (Å²) < 4.78 is 59.1. The molecule has 1 amide bonds. The Morgan fingerprint density at radius 1 is 1.00 bits per heavy atom. The molecular formula is C28H27F3N2O4. The van der Waals surface area contributed by atoms with Crippen LogP contribution < -0.4 is 24.8 Å². The molecule has 0 radical (unpaired) electrons. The number of halogens is 3. The molecule has 194 valence electrons. The Balaban J connectivity index is 1.24. The maximum absolute atomic E-state index is 14.6. The minimum absolute atomic E-state index is 0.102. The van der Waals surface area contributed by atoms with Crippen LogP contribution in [0.5, 0.6) is 17.2 Å². The maximum atomic E-state index is 14.6. The number of amides is 1. The molecule has 0 saturated carbocycles. The smallest absolute Gasteiger partial charge is 0.231 e. The molecule has 2 N–H and O–H groups in total. The summed E-state index contributed by atoms with van der Waals surface area (Å²) in [6.45, 7) is 1.87. The van der Waals surface area contributed by atoms with E-state index in [4.69, 9.17) is 14.2 Å². The average molecular weight is 513 g/mol. The maximum Gasteiger partial charge on any atom is 0.231 e. The van der Waals surface area contributed by atoms with Crippen LogP contribution >= 0.6 is 0 Å². The van der Waals surface area contributed by atoms with Crippen LogP contribution in [0.1, 0.15) is 29.0 Å². The van der Waals surface area contributed by atoms with E-state index in [0.29, 0.717) is 23.9 Å². The Hall–Kier alpha value is -3.72. The summed E-state index contributed by atoms with van der Waals surface area (Å²) in [6.07, 6.45) is 0.595. The number of fused-ring (bicyclic) bond motifs is 1. The number of piperidine rings is 1. The molecule has 37 heavy (non-hydrogen) atoms. The van der Waals surface area contributed by atoms with E-state index in [0.717, 1.165) is 37.2 Å². The van der Waals surface area contributed by atoms with E-state index in [2.05, 4.69) is 10.6 Å². The highest BCUT2D eigenvalue weighted by Gasteiger charge is 2.28. The molecule has 0 unspecified atom stereocenters. The highest BCUT2D eigenvalue weighted by atomic mass is 19.1. The van der Waals surface area contributed by atoms with Crippen molar-refractivity contribution in [3.63, 3.8) is 0 Å². The Labute approximate surface area is 212 Å². The number of hydrogen-bond acceptors (Lipinski definition) is 5. The van der Waals surface area contributed by atoms with Crippen molar-refractivity contribution in [2.75, 3.05) is 26.5 Å². The summed E-state index contributed by atoms with van der Waals surface area (Å²) in [5.74, 6) is -0.273. The topological polar surface area (TPSA) is 68.8 Å². The van der Waals surface area contributed by atoms with Crippen molar-refractivity contribution in [1.82, 2.24) is 10.6 Å². The second kappa shape index (κ2) is 11.1. The van der Waals surface area contributed by atoms with Crippen molar-refractivity contribution in [3.8, 4) is 17.2 Å². The zero-order valence-electron chi connectivity index (χ0n) is 20.1. The molecule has 2 heterocycles. The minimum atomic E-state index is -0.742. The SMILES string of the molecule is O=C(Cc1cc([C@@H]2CCNC[C@H]2COc2ccc3c(c2)OCO3)ccc1F)NCc1c(F)cccc1F. The monoisotopic (exact) mass is 512 g/mol.